The summed E-state index contributed by atoms with van der Waals surface area (Å²) in [5, 5.41) is 6.78. The van der Waals surface area contributed by atoms with Crippen molar-refractivity contribution >= 4 is 0 Å². The van der Waals surface area contributed by atoms with Crippen LogP contribution in [0.25, 0.3) is 0 Å². The Hall–Kier alpha value is -1.13. The Balaban J connectivity index is 2.17. The quantitative estimate of drug-likeness (QED) is 0.674. The number of pyridine rings is 1. The normalized spacial score (nSPS) is 10.8. The Labute approximate surface area is 104 Å². The Morgan fingerprint density at radius 1 is 1.35 bits per heavy atom. The molecule has 0 aliphatic heterocycles. The third-order valence-electron chi connectivity index (χ3n) is 2.44. The van der Waals surface area contributed by atoms with Gasteiger partial charge in [0.2, 0.25) is 5.88 Å². The number of hydrogen-bond acceptors (Lipinski definition) is 4. The first-order valence-electron chi connectivity index (χ1n) is 6.16. The summed E-state index contributed by atoms with van der Waals surface area (Å²) in [7, 11) is 1.65. The van der Waals surface area contributed by atoms with Crippen LogP contribution in [0.15, 0.2) is 18.3 Å². The van der Waals surface area contributed by atoms with Crippen LogP contribution >= 0.6 is 0 Å². The molecule has 0 aliphatic carbocycles. The van der Waals surface area contributed by atoms with Crippen LogP contribution in [0, 0.1) is 0 Å². The first kappa shape index (κ1) is 13.9. The third-order valence-corrected chi connectivity index (χ3v) is 2.44. The van der Waals surface area contributed by atoms with Gasteiger partial charge < -0.3 is 15.4 Å². The topological polar surface area (TPSA) is 46.2 Å². The number of rotatable bonds is 8. The van der Waals surface area contributed by atoms with E-state index in [-0.39, 0.29) is 0 Å². The van der Waals surface area contributed by atoms with Crippen molar-refractivity contribution in [2.24, 2.45) is 0 Å². The van der Waals surface area contributed by atoms with E-state index in [1.807, 2.05) is 12.1 Å². The lowest BCUT2D eigenvalue weighted by molar-refractivity contribution is 0.390. The first-order valence-corrected chi connectivity index (χ1v) is 6.16. The molecule has 0 saturated heterocycles. The van der Waals surface area contributed by atoms with Gasteiger partial charge in [-0.2, -0.15) is 0 Å². The van der Waals surface area contributed by atoms with E-state index in [1.165, 1.54) is 0 Å². The van der Waals surface area contributed by atoms with E-state index in [0.717, 1.165) is 31.6 Å². The van der Waals surface area contributed by atoms with Gasteiger partial charge in [0.25, 0.3) is 0 Å². The van der Waals surface area contributed by atoms with Crippen molar-refractivity contribution < 1.29 is 4.74 Å². The summed E-state index contributed by atoms with van der Waals surface area (Å²) in [6, 6.07) is 4.53. The molecule has 0 radical (unpaired) electrons. The fraction of sp³-hybridized carbons (Fsp3) is 0.615. The zero-order chi connectivity index (χ0) is 12.5. The van der Waals surface area contributed by atoms with E-state index < -0.39 is 0 Å². The highest BCUT2D eigenvalue weighted by Crippen LogP contribution is 2.12. The molecule has 96 valence electrons. The molecule has 0 aliphatic rings. The summed E-state index contributed by atoms with van der Waals surface area (Å²) >= 11 is 0. The minimum absolute atomic E-state index is 0.563. The average molecular weight is 237 g/mol. The third kappa shape index (κ3) is 5.65. The molecule has 0 fully saturated rings. The van der Waals surface area contributed by atoms with Gasteiger partial charge in [0.15, 0.2) is 0 Å². The predicted octanol–water partition coefficient (Wildman–Crippen LogP) is 1.57. The van der Waals surface area contributed by atoms with Crippen LogP contribution in [-0.4, -0.2) is 31.2 Å². The molecule has 2 N–H and O–H groups in total. The first-order chi connectivity index (χ1) is 8.24. The number of hydrogen-bond donors (Lipinski definition) is 2. The Kier molecular flexibility index (Phi) is 6.58. The summed E-state index contributed by atoms with van der Waals surface area (Å²) < 4.78 is 5.19. The van der Waals surface area contributed by atoms with Gasteiger partial charge in [-0.15, -0.1) is 0 Å². The summed E-state index contributed by atoms with van der Waals surface area (Å²) in [5.41, 5.74) is 1.10. The maximum atomic E-state index is 5.19. The van der Waals surface area contributed by atoms with Crippen LogP contribution in [0.1, 0.15) is 25.8 Å². The van der Waals surface area contributed by atoms with Crippen molar-refractivity contribution in [3.05, 3.63) is 23.9 Å². The lowest BCUT2D eigenvalue weighted by atomic mass is 10.2. The van der Waals surface area contributed by atoms with Crippen LogP contribution in [0.4, 0.5) is 0 Å². The highest BCUT2D eigenvalue weighted by atomic mass is 16.5. The summed E-state index contributed by atoms with van der Waals surface area (Å²) in [5.74, 6) is 0.709. The molecule has 1 aromatic rings. The maximum absolute atomic E-state index is 5.19. The zero-order valence-electron chi connectivity index (χ0n) is 11.0. The van der Waals surface area contributed by atoms with Crippen LogP contribution in [-0.2, 0) is 6.54 Å². The number of nitrogens with zero attached hydrogens (tertiary/aromatic N) is 1. The van der Waals surface area contributed by atoms with Crippen LogP contribution in [0.3, 0.4) is 0 Å². The molecule has 4 heteroatoms. The molecule has 1 rings (SSSR count). The van der Waals surface area contributed by atoms with Gasteiger partial charge in [0.05, 0.1) is 7.11 Å². The molecule has 17 heavy (non-hydrogen) atoms. The fourth-order valence-electron chi connectivity index (χ4n) is 1.57. The number of nitrogens with one attached hydrogen (secondary N) is 2. The van der Waals surface area contributed by atoms with E-state index in [0.29, 0.717) is 11.9 Å². The van der Waals surface area contributed by atoms with E-state index in [9.17, 15) is 0 Å². The fourth-order valence-corrected chi connectivity index (χ4v) is 1.57. The molecule has 0 spiro atoms. The van der Waals surface area contributed by atoms with Gasteiger partial charge in [0, 0.05) is 24.3 Å². The monoisotopic (exact) mass is 237 g/mol. The van der Waals surface area contributed by atoms with Gasteiger partial charge in [-0.3, -0.25) is 0 Å². The van der Waals surface area contributed by atoms with Gasteiger partial charge in [-0.1, -0.05) is 19.9 Å². The Bertz CT molecular complexity index is 315. The second kappa shape index (κ2) is 8.03. The molecule has 4 nitrogen and oxygen atoms in total. The molecular weight excluding hydrogens is 214 g/mol. The van der Waals surface area contributed by atoms with Gasteiger partial charge in [-0.25, -0.2) is 4.98 Å². The van der Waals surface area contributed by atoms with E-state index in [1.54, 1.807) is 13.3 Å². The van der Waals surface area contributed by atoms with Crippen molar-refractivity contribution in [2.75, 3.05) is 20.2 Å². The SMILES string of the molecule is COc1ncccc1CNCCCNC(C)C. The second-order valence-electron chi connectivity index (χ2n) is 4.31. The smallest absolute Gasteiger partial charge is 0.217 e. The average Bonchev–Trinajstić information content (AvgIpc) is 2.33. The second-order valence-corrected chi connectivity index (χ2v) is 4.31. The number of ether oxygens (including phenoxy) is 1. The van der Waals surface area contributed by atoms with Gasteiger partial charge >= 0.3 is 0 Å². The minimum Gasteiger partial charge on any atom is -0.481 e. The van der Waals surface area contributed by atoms with Crippen molar-refractivity contribution in [2.45, 2.75) is 32.9 Å². The lowest BCUT2D eigenvalue weighted by Crippen LogP contribution is -2.26. The Morgan fingerprint density at radius 3 is 2.88 bits per heavy atom. The van der Waals surface area contributed by atoms with Crippen molar-refractivity contribution in [3.63, 3.8) is 0 Å². The maximum Gasteiger partial charge on any atom is 0.217 e. The van der Waals surface area contributed by atoms with Gasteiger partial charge in [-0.05, 0) is 25.6 Å². The highest BCUT2D eigenvalue weighted by Gasteiger charge is 2.01. The van der Waals surface area contributed by atoms with E-state index in [2.05, 4.69) is 29.5 Å². The molecule has 0 saturated carbocycles. The van der Waals surface area contributed by atoms with E-state index >= 15 is 0 Å². The van der Waals surface area contributed by atoms with Crippen LogP contribution < -0.4 is 15.4 Å². The van der Waals surface area contributed by atoms with E-state index in [4.69, 9.17) is 4.74 Å². The van der Waals surface area contributed by atoms with Crippen molar-refractivity contribution in [1.29, 1.82) is 0 Å². The van der Waals surface area contributed by atoms with Crippen LogP contribution in [0.2, 0.25) is 0 Å². The van der Waals surface area contributed by atoms with Crippen LogP contribution in [0.5, 0.6) is 5.88 Å². The molecule has 0 bridgehead atoms. The number of aromatic nitrogens is 1. The minimum atomic E-state index is 0.563. The molecule has 0 unspecified atom stereocenters. The molecule has 1 aromatic heterocycles. The Morgan fingerprint density at radius 2 is 2.18 bits per heavy atom. The zero-order valence-corrected chi connectivity index (χ0v) is 11.0. The summed E-state index contributed by atoms with van der Waals surface area (Å²) in [4.78, 5) is 4.16. The molecule has 0 aromatic carbocycles. The molecular formula is C13H23N3O. The lowest BCUT2D eigenvalue weighted by Gasteiger charge is -2.10. The molecule has 0 atom stereocenters. The largest absolute Gasteiger partial charge is 0.481 e. The molecule has 0 amide bonds. The van der Waals surface area contributed by atoms with Crippen molar-refractivity contribution in [3.8, 4) is 5.88 Å². The number of methoxy groups -OCH3 is 1. The predicted molar refractivity (Wildman–Crippen MR) is 70.3 cm³/mol. The standard InChI is InChI=1S/C13H23N3O/c1-11(2)15-9-5-7-14-10-12-6-4-8-16-13(12)17-3/h4,6,8,11,14-15H,5,7,9-10H2,1-3H3. The summed E-state index contributed by atoms with van der Waals surface area (Å²) in [6.07, 6.45) is 2.87. The highest BCUT2D eigenvalue weighted by molar-refractivity contribution is 5.24. The van der Waals surface area contributed by atoms with Gasteiger partial charge in [0.1, 0.15) is 0 Å². The molecule has 1 heterocycles. The summed E-state index contributed by atoms with van der Waals surface area (Å²) in [6.45, 7) is 7.17. The van der Waals surface area contributed by atoms with Crippen molar-refractivity contribution in [1.82, 2.24) is 15.6 Å².